The average Bonchev–Trinajstić information content (AvgIpc) is 3.04. The maximum Gasteiger partial charge on any atom is 0.256 e. The van der Waals surface area contributed by atoms with Crippen LogP contribution in [0.15, 0.2) is 30.5 Å². The summed E-state index contributed by atoms with van der Waals surface area (Å²) in [6.07, 6.45) is 6.74. The van der Waals surface area contributed by atoms with Crippen molar-refractivity contribution in [2.75, 3.05) is 26.9 Å². The first-order valence-electron chi connectivity index (χ1n) is 9.29. The van der Waals surface area contributed by atoms with Crippen LogP contribution < -0.4 is 0 Å². The Labute approximate surface area is 148 Å². The van der Waals surface area contributed by atoms with Crippen LogP contribution in [0.4, 0.5) is 0 Å². The molecule has 1 saturated heterocycles. The van der Waals surface area contributed by atoms with Gasteiger partial charge in [-0.2, -0.15) is 0 Å². The first kappa shape index (κ1) is 16.6. The van der Waals surface area contributed by atoms with Crippen molar-refractivity contribution < 1.29 is 14.3 Å². The lowest BCUT2D eigenvalue weighted by atomic mass is 9.89. The number of hydrogen-bond donors (Lipinski definition) is 0. The standard InChI is InChI=1S/C20H26N2O3/c1-24-12-10-21-14-16(15-6-2-3-7-17(15)21)20(23)22-11-13-25-19-9-5-4-8-18(19)22/h2-3,6-7,14,18-19H,4-5,8-13H2,1H3/t18-,19+/m0/s1. The van der Waals surface area contributed by atoms with Crippen LogP contribution in [0.2, 0.25) is 0 Å². The van der Waals surface area contributed by atoms with Crippen LogP contribution in [-0.2, 0) is 16.0 Å². The second-order valence-corrected chi connectivity index (χ2v) is 7.01. The molecule has 1 amide bonds. The summed E-state index contributed by atoms with van der Waals surface area (Å²) >= 11 is 0. The van der Waals surface area contributed by atoms with Gasteiger partial charge in [0.1, 0.15) is 0 Å². The summed E-state index contributed by atoms with van der Waals surface area (Å²) in [4.78, 5) is 15.4. The highest BCUT2D eigenvalue weighted by molar-refractivity contribution is 6.07. The number of nitrogens with zero attached hydrogens (tertiary/aromatic N) is 2. The third-order valence-electron chi connectivity index (χ3n) is 5.55. The van der Waals surface area contributed by atoms with E-state index in [1.807, 2.05) is 24.4 Å². The predicted octanol–water partition coefficient (Wildman–Crippen LogP) is 3.07. The lowest BCUT2D eigenvalue weighted by molar-refractivity contribution is -0.0752. The van der Waals surface area contributed by atoms with Gasteiger partial charge in [-0.1, -0.05) is 31.0 Å². The number of rotatable bonds is 4. The summed E-state index contributed by atoms with van der Waals surface area (Å²) in [6.45, 7) is 2.72. The average molecular weight is 342 g/mol. The second-order valence-electron chi connectivity index (χ2n) is 7.01. The normalized spacial score (nSPS) is 23.6. The molecule has 25 heavy (non-hydrogen) atoms. The van der Waals surface area contributed by atoms with Crippen molar-refractivity contribution in [3.05, 3.63) is 36.0 Å². The van der Waals surface area contributed by atoms with E-state index in [2.05, 4.69) is 15.5 Å². The number of morpholine rings is 1. The Morgan fingerprint density at radius 3 is 3.00 bits per heavy atom. The molecule has 2 heterocycles. The van der Waals surface area contributed by atoms with Gasteiger partial charge < -0.3 is 18.9 Å². The molecule has 1 aliphatic heterocycles. The molecule has 1 aromatic heterocycles. The fraction of sp³-hybridized carbons (Fsp3) is 0.550. The largest absolute Gasteiger partial charge is 0.383 e. The van der Waals surface area contributed by atoms with E-state index in [4.69, 9.17) is 9.47 Å². The van der Waals surface area contributed by atoms with Crippen molar-refractivity contribution in [2.24, 2.45) is 0 Å². The van der Waals surface area contributed by atoms with E-state index in [1.54, 1.807) is 7.11 Å². The van der Waals surface area contributed by atoms with Crippen molar-refractivity contribution >= 4 is 16.8 Å². The Bertz CT molecular complexity index is 752. The first-order chi connectivity index (χ1) is 12.3. The van der Waals surface area contributed by atoms with E-state index in [-0.39, 0.29) is 18.1 Å². The minimum absolute atomic E-state index is 0.146. The molecular weight excluding hydrogens is 316 g/mol. The van der Waals surface area contributed by atoms with E-state index in [1.165, 1.54) is 12.8 Å². The van der Waals surface area contributed by atoms with Crippen LogP contribution in [0, 0.1) is 0 Å². The van der Waals surface area contributed by atoms with Crippen molar-refractivity contribution in [3.63, 3.8) is 0 Å². The van der Waals surface area contributed by atoms with Crippen LogP contribution in [0.5, 0.6) is 0 Å². The molecule has 1 aromatic carbocycles. The Kier molecular flexibility index (Phi) is 4.77. The monoisotopic (exact) mass is 342 g/mol. The molecule has 1 aliphatic carbocycles. The summed E-state index contributed by atoms with van der Waals surface area (Å²) in [5.41, 5.74) is 1.90. The minimum Gasteiger partial charge on any atom is -0.383 e. The fourth-order valence-electron chi connectivity index (χ4n) is 4.30. The van der Waals surface area contributed by atoms with Gasteiger partial charge in [0, 0.05) is 37.3 Å². The Morgan fingerprint density at radius 1 is 1.28 bits per heavy atom. The van der Waals surface area contributed by atoms with Gasteiger partial charge in [-0.25, -0.2) is 0 Å². The SMILES string of the molecule is COCCn1cc(C(=O)N2CCO[C@@H]3CCCC[C@@H]32)c2ccccc21. The van der Waals surface area contributed by atoms with Crippen LogP contribution in [-0.4, -0.2) is 54.4 Å². The van der Waals surface area contributed by atoms with E-state index in [0.29, 0.717) is 19.8 Å². The zero-order valence-electron chi connectivity index (χ0n) is 14.8. The molecule has 0 radical (unpaired) electrons. The molecule has 5 nitrogen and oxygen atoms in total. The molecule has 2 fully saturated rings. The summed E-state index contributed by atoms with van der Waals surface area (Å²) in [5, 5.41) is 1.03. The molecule has 0 spiro atoms. The lowest BCUT2D eigenvalue weighted by Crippen LogP contribution is -2.54. The minimum atomic E-state index is 0.146. The number of aromatic nitrogens is 1. The van der Waals surface area contributed by atoms with Gasteiger partial charge in [0.05, 0.1) is 30.9 Å². The van der Waals surface area contributed by atoms with Gasteiger partial charge in [0.2, 0.25) is 0 Å². The van der Waals surface area contributed by atoms with Crippen molar-refractivity contribution in [2.45, 2.75) is 44.4 Å². The van der Waals surface area contributed by atoms with Gasteiger partial charge in [0.25, 0.3) is 5.91 Å². The number of ether oxygens (including phenoxy) is 2. The molecule has 0 N–H and O–H groups in total. The maximum atomic E-state index is 13.4. The van der Waals surface area contributed by atoms with E-state index < -0.39 is 0 Å². The topological polar surface area (TPSA) is 43.7 Å². The molecule has 134 valence electrons. The van der Waals surface area contributed by atoms with Crippen LogP contribution in [0.25, 0.3) is 10.9 Å². The van der Waals surface area contributed by atoms with Gasteiger partial charge in [-0.3, -0.25) is 4.79 Å². The van der Waals surface area contributed by atoms with Crippen LogP contribution in [0.3, 0.4) is 0 Å². The highest BCUT2D eigenvalue weighted by Gasteiger charge is 2.37. The van der Waals surface area contributed by atoms with Crippen molar-refractivity contribution in [1.82, 2.24) is 9.47 Å². The number of carbonyl (C=O) groups excluding carboxylic acids is 1. The molecule has 4 rings (SSSR count). The molecule has 2 aliphatic rings. The number of para-hydroxylation sites is 1. The summed E-state index contributed by atoms with van der Waals surface area (Å²) < 4.78 is 13.3. The van der Waals surface area contributed by atoms with Gasteiger partial charge in [-0.15, -0.1) is 0 Å². The molecular formula is C20H26N2O3. The Morgan fingerprint density at radius 2 is 2.12 bits per heavy atom. The van der Waals surface area contributed by atoms with Crippen molar-refractivity contribution in [3.8, 4) is 0 Å². The van der Waals surface area contributed by atoms with Crippen LogP contribution in [0.1, 0.15) is 36.0 Å². The van der Waals surface area contributed by atoms with Gasteiger partial charge in [0.15, 0.2) is 0 Å². The maximum absolute atomic E-state index is 13.4. The lowest BCUT2D eigenvalue weighted by Gasteiger charge is -2.43. The van der Waals surface area contributed by atoms with Crippen LogP contribution >= 0.6 is 0 Å². The second kappa shape index (κ2) is 7.18. The Hall–Kier alpha value is -1.85. The highest BCUT2D eigenvalue weighted by atomic mass is 16.5. The predicted molar refractivity (Wildman–Crippen MR) is 96.8 cm³/mol. The smallest absolute Gasteiger partial charge is 0.256 e. The molecule has 1 saturated carbocycles. The third-order valence-corrected chi connectivity index (χ3v) is 5.55. The fourth-order valence-corrected chi connectivity index (χ4v) is 4.30. The highest BCUT2D eigenvalue weighted by Crippen LogP contribution is 2.31. The number of amides is 1. The summed E-state index contributed by atoms with van der Waals surface area (Å²) in [6, 6.07) is 8.37. The third kappa shape index (κ3) is 3.07. The number of carbonyl (C=O) groups is 1. The number of fused-ring (bicyclic) bond motifs is 2. The molecule has 0 bridgehead atoms. The van der Waals surface area contributed by atoms with E-state index in [0.717, 1.165) is 35.9 Å². The Balaban J connectivity index is 1.67. The van der Waals surface area contributed by atoms with Gasteiger partial charge in [-0.05, 0) is 18.9 Å². The molecule has 5 heteroatoms. The summed E-state index contributed by atoms with van der Waals surface area (Å²) in [5.74, 6) is 0.146. The first-order valence-corrected chi connectivity index (χ1v) is 9.29. The number of hydrogen-bond acceptors (Lipinski definition) is 3. The van der Waals surface area contributed by atoms with E-state index in [9.17, 15) is 4.79 Å². The molecule has 2 atom stereocenters. The number of methoxy groups -OCH3 is 1. The number of benzene rings is 1. The van der Waals surface area contributed by atoms with E-state index >= 15 is 0 Å². The molecule has 2 aromatic rings. The molecule has 0 unspecified atom stereocenters. The van der Waals surface area contributed by atoms with Crippen molar-refractivity contribution in [1.29, 1.82) is 0 Å². The zero-order valence-corrected chi connectivity index (χ0v) is 14.8. The quantitative estimate of drug-likeness (QED) is 0.858. The summed E-state index contributed by atoms with van der Waals surface area (Å²) in [7, 11) is 1.70. The van der Waals surface area contributed by atoms with Gasteiger partial charge >= 0.3 is 0 Å². The zero-order chi connectivity index (χ0) is 17.2.